The largest absolute Gasteiger partial charge is 0.350 e. The van der Waals surface area contributed by atoms with E-state index < -0.39 is 0 Å². The predicted molar refractivity (Wildman–Crippen MR) is 97.2 cm³/mol. The fourth-order valence-electron chi connectivity index (χ4n) is 2.61. The number of carbonyl (C=O) groups excluding carboxylic acids is 1. The number of hydrogen-bond acceptors (Lipinski definition) is 2. The molecular formula is C20H23N3O. The third kappa shape index (κ3) is 3.48. The maximum atomic E-state index is 12.3. The van der Waals surface area contributed by atoms with Crippen LogP contribution in [0.4, 0.5) is 0 Å². The second-order valence-corrected chi connectivity index (χ2v) is 6.34. The molecule has 1 unspecified atom stereocenters. The molecule has 0 saturated heterocycles. The zero-order chi connectivity index (χ0) is 17.1. The molecule has 0 aliphatic carbocycles. The zero-order valence-corrected chi connectivity index (χ0v) is 14.4. The summed E-state index contributed by atoms with van der Waals surface area (Å²) in [5, 5.41) is 8.53. The topological polar surface area (TPSA) is 46.9 Å². The Morgan fingerprint density at radius 3 is 2.67 bits per heavy atom. The average molecular weight is 321 g/mol. The van der Waals surface area contributed by atoms with Gasteiger partial charge in [0, 0.05) is 17.0 Å². The number of hydrogen-bond donors (Lipinski definition) is 1. The predicted octanol–water partition coefficient (Wildman–Crippen LogP) is 3.92. The Morgan fingerprint density at radius 1 is 1.21 bits per heavy atom. The molecule has 24 heavy (non-hydrogen) atoms. The van der Waals surface area contributed by atoms with Crippen molar-refractivity contribution in [1.82, 2.24) is 15.1 Å². The number of nitrogens with zero attached hydrogens (tertiary/aromatic N) is 2. The van der Waals surface area contributed by atoms with Gasteiger partial charge in [0.05, 0.1) is 18.3 Å². The van der Waals surface area contributed by atoms with Crippen molar-refractivity contribution in [2.24, 2.45) is 0 Å². The smallest absolute Gasteiger partial charge is 0.251 e. The minimum Gasteiger partial charge on any atom is -0.350 e. The second-order valence-electron chi connectivity index (χ2n) is 6.34. The fourth-order valence-corrected chi connectivity index (χ4v) is 2.61. The lowest BCUT2D eigenvalue weighted by Crippen LogP contribution is -2.31. The van der Waals surface area contributed by atoms with Crippen molar-refractivity contribution in [1.29, 1.82) is 0 Å². The van der Waals surface area contributed by atoms with Crippen LogP contribution in [-0.2, 0) is 6.54 Å². The summed E-state index contributed by atoms with van der Waals surface area (Å²) in [6.07, 6.45) is 2.76. The van der Waals surface area contributed by atoms with E-state index in [2.05, 4.69) is 48.5 Å². The highest BCUT2D eigenvalue weighted by Gasteiger charge is 2.11. The van der Waals surface area contributed by atoms with E-state index in [0.29, 0.717) is 12.1 Å². The van der Waals surface area contributed by atoms with E-state index >= 15 is 0 Å². The number of aryl methyl sites for hydroxylation is 1. The third-order valence-electron chi connectivity index (χ3n) is 4.35. The molecule has 0 saturated carbocycles. The summed E-state index contributed by atoms with van der Waals surface area (Å²) in [5.41, 5.74) is 4.09. The van der Waals surface area contributed by atoms with Crippen LogP contribution in [0.15, 0.2) is 48.7 Å². The second kappa shape index (κ2) is 6.87. The zero-order valence-electron chi connectivity index (χ0n) is 14.4. The van der Waals surface area contributed by atoms with Crippen molar-refractivity contribution in [3.05, 3.63) is 65.4 Å². The van der Waals surface area contributed by atoms with Gasteiger partial charge < -0.3 is 5.32 Å². The van der Waals surface area contributed by atoms with Crippen LogP contribution in [0, 0.1) is 6.92 Å². The Morgan fingerprint density at radius 2 is 1.96 bits per heavy atom. The number of aromatic nitrogens is 2. The Kier molecular flexibility index (Phi) is 4.65. The molecule has 0 spiro atoms. The van der Waals surface area contributed by atoms with Crippen LogP contribution < -0.4 is 5.32 Å². The minimum absolute atomic E-state index is 0.0330. The quantitative estimate of drug-likeness (QED) is 0.774. The van der Waals surface area contributed by atoms with Crippen molar-refractivity contribution in [2.75, 3.05) is 0 Å². The van der Waals surface area contributed by atoms with Crippen LogP contribution in [0.1, 0.15) is 41.8 Å². The number of fused-ring (bicyclic) bond motifs is 1. The van der Waals surface area contributed by atoms with E-state index in [-0.39, 0.29) is 11.9 Å². The molecular weight excluding hydrogens is 298 g/mol. The Bertz CT molecular complexity index is 849. The molecule has 0 bridgehead atoms. The van der Waals surface area contributed by atoms with E-state index in [1.807, 2.05) is 36.0 Å². The molecule has 0 fully saturated rings. The van der Waals surface area contributed by atoms with Crippen LogP contribution in [0.5, 0.6) is 0 Å². The van der Waals surface area contributed by atoms with Crippen LogP contribution in [-0.4, -0.2) is 21.7 Å². The molecule has 3 rings (SSSR count). The van der Waals surface area contributed by atoms with Crippen molar-refractivity contribution >= 4 is 16.8 Å². The van der Waals surface area contributed by atoms with Gasteiger partial charge in [-0.05, 0) is 38.0 Å². The Hall–Kier alpha value is -2.62. The summed E-state index contributed by atoms with van der Waals surface area (Å²) >= 11 is 0. The first-order chi connectivity index (χ1) is 11.6. The van der Waals surface area contributed by atoms with Gasteiger partial charge in [0.25, 0.3) is 5.91 Å². The Labute approximate surface area is 142 Å². The summed E-state index contributed by atoms with van der Waals surface area (Å²) < 4.78 is 1.94. The van der Waals surface area contributed by atoms with Crippen molar-refractivity contribution in [3.8, 4) is 0 Å². The first-order valence-electron chi connectivity index (χ1n) is 8.39. The number of amides is 1. The SMILES string of the molecule is CCC(C)NC(=O)c1ccc2cnn(Cc3ccc(C)cc3)c2c1. The molecule has 0 radical (unpaired) electrons. The molecule has 1 amide bonds. The third-order valence-corrected chi connectivity index (χ3v) is 4.35. The number of benzene rings is 2. The van der Waals surface area contributed by atoms with Crippen molar-refractivity contribution in [3.63, 3.8) is 0 Å². The van der Waals surface area contributed by atoms with Crippen LogP contribution >= 0.6 is 0 Å². The minimum atomic E-state index is -0.0330. The summed E-state index contributed by atoms with van der Waals surface area (Å²) in [6.45, 7) is 6.85. The van der Waals surface area contributed by atoms with E-state index in [9.17, 15) is 4.79 Å². The average Bonchev–Trinajstić information content (AvgIpc) is 2.99. The molecule has 4 nitrogen and oxygen atoms in total. The highest BCUT2D eigenvalue weighted by atomic mass is 16.1. The van der Waals surface area contributed by atoms with E-state index in [1.165, 1.54) is 11.1 Å². The van der Waals surface area contributed by atoms with E-state index in [1.54, 1.807) is 0 Å². The van der Waals surface area contributed by atoms with Gasteiger partial charge >= 0.3 is 0 Å². The standard InChI is InChI=1S/C20H23N3O/c1-4-15(3)22-20(24)17-9-10-18-12-21-23(19(18)11-17)13-16-7-5-14(2)6-8-16/h5-12,15H,4,13H2,1-3H3,(H,22,24). The summed E-state index contributed by atoms with van der Waals surface area (Å²) in [6, 6.07) is 14.3. The monoisotopic (exact) mass is 321 g/mol. The van der Waals surface area contributed by atoms with Crippen LogP contribution in [0.2, 0.25) is 0 Å². The summed E-state index contributed by atoms with van der Waals surface area (Å²) in [5.74, 6) is -0.0330. The highest BCUT2D eigenvalue weighted by Crippen LogP contribution is 2.18. The summed E-state index contributed by atoms with van der Waals surface area (Å²) in [4.78, 5) is 12.3. The molecule has 2 aromatic carbocycles. The molecule has 0 aliphatic heterocycles. The lowest BCUT2D eigenvalue weighted by atomic mass is 10.1. The lowest BCUT2D eigenvalue weighted by Gasteiger charge is -2.11. The van der Waals surface area contributed by atoms with E-state index in [0.717, 1.165) is 17.3 Å². The summed E-state index contributed by atoms with van der Waals surface area (Å²) in [7, 11) is 0. The van der Waals surface area contributed by atoms with Gasteiger partial charge in [-0.25, -0.2) is 0 Å². The van der Waals surface area contributed by atoms with Gasteiger partial charge in [0.15, 0.2) is 0 Å². The normalized spacial score (nSPS) is 12.3. The first kappa shape index (κ1) is 16.2. The van der Waals surface area contributed by atoms with Crippen LogP contribution in [0.3, 0.4) is 0 Å². The molecule has 124 valence electrons. The van der Waals surface area contributed by atoms with Crippen molar-refractivity contribution in [2.45, 2.75) is 39.8 Å². The first-order valence-corrected chi connectivity index (χ1v) is 8.39. The van der Waals surface area contributed by atoms with Crippen LogP contribution in [0.25, 0.3) is 10.9 Å². The molecule has 1 heterocycles. The van der Waals surface area contributed by atoms with Gasteiger partial charge in [-0.1, -0.05) is 42.8 Å². The molecule has 1 atom stereocenters. The number of carbonyl (C=O) groups is 1. The molecule has 1 N–H and O–H groups in total. The van der Waals surface area contributed by atoms with Crippen molar-refractivity contribution < 1.29 is 4.79 Å². The molecule has 1 aromatic heterocycles. The highest BCUT2D eigenvalue weighted by molar-refractivity contribution is 5.98. The van der Waals surface area contributed by atoms with Gasteiger partial charge in [-0.2, -0.15) is 5.10 Å². The number of rotatable bonds is 5. The maximum Gasteiger partial charge on any atom is 0.251 e. The number of nitrogens with one attached hydrogen (secondary N) is 1. The Balaban J connectivity index is 1.88. The maximum absolute atomic E-state index is 12.3. The lowest BCUT2D eigenvalue weighted by molar-refractivity contribution is 0.0939. The van der Waals surface area contributed by atoms with Gasteiger partial charge in [-0.3, -0.25) is 9.48 Å². The van der Waals surface area contributed by atoms with Gasteiger partial charge in [-0.15, -0.1) is 0 Å². The molecule has 0 aliphatic rings. The van der Waals surface area contributed by atoms with Gasteiger partial charge in [0.2, 0.25) is 0 Å². The molecule has 3 aromatic rings. The van der Waals surface area contributed by atoms with Gasteiger partial charge in [0.1, 0.15) is 0 Å². The molecule has 4 heteroatoms. The fraction of sp³-hybridized carbons (Fsp3) is 0.300. The van der Waals surface area contributed by atoms with E-state index in [4.69, 9.17) is 0 Å².